The summed E-state index contributed by atoms with van der Waals surface area (Å²) in [5, 5.41) is 3.26. The van der Waals surface area contributed by atoms with E-state index in [0.717, 1.165) is 19.6 Å². The minimum Gasteiger partial charge on any atom is -0.370 e. The highest BCUT2D eigenvalue weighted by Crippen LogP contribution is 2.16. The van der Waals surface area contributed by atoms with Crippen LogP contribution < -0.4 is 10.9 Å². The number of hydrogen-bond acceptors (Lipinski definition) is 4. The first-order valence-corrected chi connectivity index (χ1v) is 6.14. The van der Waals surface area contributed by atoms with Gasteiger partial charge in [0.2, 0.25) is 0 Å². The Morgan fingerprint density at radius 3 is 2.88 bits per heavy atom. The summed E-state index contributed by atoms with van der Waals surface area (Å²) in [5.74, 6) is 2.03. The number of aromatic amines is 1. The fraction of sp³-hybridized carbons (Fsp3) is 0.667. The fourth-order valence-electron chi connectivity index (χ4n) is 2.19. The quantitative estimate of drug-likeness (QED) is 0.816. The highest BCUT2D eigenvalue weighted by atomic mass is 16.1. The van der Waals surface area contributed by atoms with Gasteiger partial charge >= 0.3 is 0 Å². The minimum atomic E-state index is -0.0941. The maximum atomic E-state index is 11.3. The first-order chi connectivity index (χ1) is 8.13. The van der Waals surface area contributed by atoms with Gasteiger partial charge in [-0.1, -0.05) is 0 Å². The molecule has 1 aliphatic heterocycles. The average molecular weight is 236 g/mol. The van der Waals surface area contributed by atoms with E-state index in [4.69, 9.17) is 0 Å². The van der Waals surface area contributed by atoms with Crippen molar-refractivity contribution in [1.82, 2.24) is 14.9 Å². The molecule has 0 aliphatic carbocycles. The lowest BCUT2D eigenvalue weighted by Crippen LogP contribution is -2.33. The highest BCUT2D eigenvalue weighted by molar-refractivity contribution is 5.32. The van der Waals surface area contributed by atoms with Gasteiger partial charge in [-0.3, -0.25) is 4.79 Å². The van der Waals surface area contributed by atoms with Gasteiger partial charge in [-0.05, 0) is 45.8 Å². The largest absolute Gasteiger partial charge is 0.370 e. The molecule has 1 fully saturated rings. The molecule has 0 spiro atoms. The molecule has 0 atom stereocenters. The molecular formula is C12H20N4O. The zero-order valence-corrected chi connectivity index (χ0v) is 10.5. The van der Waals surface area contributed by atoms with E-state index in [1.807, 2.05) is 0 Å². The number of H-pyrrole nitrogens is 1. The predicted octanol–water partition coefficient (Wildman–Crippen LogP) is 0.832. The topological polar surface area (TPSA) is 61.0 Å². The first kappa shape index (κ1) is 12.1. The van der Waals surface area contributed by atoms with Crippen molar-refractivity contribution >= 4 is 5.82 Å². The van der Waals surface area contributed by atoms with Crippen LogP contribution in [0.2, 0.25) is 0 Å². The Bertz CT molecular complexity index is 421. The molecule has 0 unspecified atom stereocenters. The number of aryl methyl sites for hydroxylation is 1. The van der Waals surface area contributed by atoms with E-state index in [0.29, 0.717) is 17.6 Å². The Morgan fingerprint density at radius 1 is 1.53 bits per heavy atom. The van der Waals surface area contributed by atoms with Crippen molar-refractivity contribution in [3.63, 3.8) is 0 Å². The molecule has 1 aromatic heterocycles. The van der Waals surface area contributed by atoms with Gasteiger partial charge in [0.05, 0.1) is 0 Å². The Kier molecular flexibility index (Phi) is 3.78. The molecular weight excluding hydrogens is 216 g/mol. The van der Waals surface area contributed by atoms with Gasteiger partial charge in [-0.25, -0.2) is 4.98 Å². The highest BCUT2D eigenvalue weighted by Gasteiger charge is 2.16. The standard InChI is InChI=1S/C12H20N4O/c1-9-14-11(7-12(17)15-9)13-8-10-3-5-16(2)6-4-10/h7,10H,3-6,8H2,1-2H3,(H2,13,14,15,17). The molecule has 0 aromatic carbocycles. The van der Waals surface area contributed by atoms with Crippen LogP contribution in [0.15, 0.2) is 10.9 Å². The monoisotopic (exact) mass is 236 g/mol. The number of anilines is 1. The van der Waals surface area contributed by atoms with Crippen molar-refractivity contribution < 1.29 is 0 Å². The smallest absolute Gasteiger partial charge is 0.252 e. The third kappa shape index (κ3) is 3.56. The summed E-state index contributed by atoms with van der Waals surface area (Å²) >= 11 is 0. The van der Waals surface area contributed by atoms with E-state index in [-0.39, 0.29) is 5.56 Å². The normalized spacial score (nSPS) is 18.2. The van der Waals surface area contributed by atoms with E-state index in [1.165, 1.54) is 18.9 Å². The fourth-order valence-corrected chi connectivity index (χ4v) is 2.19. The van der Waals surface area contributed by atoms with Crippen molar-refractivity contribution in [3.8, 4) is 0 Å². The molecule has 2 heterocycles. The average Bonchev–Trinajstić information content (AvgIpc) is 2.27. The van der Waals surface area contributed by atoms with Crippen molar-refractivity contribution in [2.24, 2.45) is 5.92 Å². The van der Waals surface area contributed by atoms with Crippen LogP contribution in [-0.2, 0) is 0 Å². The predicted molar refractivity (Wildman–Crippen MR) is 68.3 cm³/mol. The number of rotatable bonds is 3. The van der Waals surface area contributed by atoms with Crippen molar-refractivity contribution in [2.75, 3.05) is 32.0 Å². The third-order valence-electron chi connectivity index (χ3n) is 3.27. The van der Waals surface area contributed by atoms with Crippen LogP contribution in [0.3, 0.4) is 0 Å². The Hall–Kier alpha value is -1.36. The summed E-state index contributed by atoms with van der Waals surface area (Å²) in [6.45, 7) is 5.02. The van der Waals surface area contributed by atoms with Crippen molar-refractivity contribution in [2.45, 2.75) is 19.8 Å². The first-order valence-electron chi connectivity index (χ1n) is 6.14. The third-order valence-corrected chi connectivity index (χ3v) is 3.27. The van der Waals surface area contributed by atoms with Crippen LogP contribution in [-0.4, -0.2) is 41.5 Å². The Balaban J connectivity index is 1.87. The summed E-state index contributed by atoms with van der Waals surface area (Å²) < 4.78 is 0. The van der Waals surface area contributed by atoms with E-state index in [1.54, 1.807) is 6.92 Å². The summed E-state index contributed by atoms with van der Waals surface area (Å²) in [6.07, 6.45) is 2.43. The maximum Gasteiger partial charge on any atom is 0.252 e. The zero-order valence-electron chi connectivity index (χ0n) is 10.5. The molecule has 0 saturated carbocycles. The number of aromatic nitrogens is 2. The van der Waals surface area contributed by atoms with Crippen LogP contribution in [0.4, 0.5) is 5.82 Å². The summed E-state index contributed by atoms with van der Waals surface area (Å²) in [5.41, 5.74) is -0.0941. The maximum absolute atomic E-state index is 11.3. The van der Waals surface area contributed by atoms with Gasteiger partial charge in [-0.2, -0.15) is 0 Å². The summed E-state index contributed by atoms with van der Waals surface area (Å²) in [7, 11) is 2.16. The SMILES string of the molecule is Cc1nc(NCC2CCN(C)CC2)cc(=O)[nH]1. The molecule has 0 bridgehead atoms. The van der Waals surface area contributed by atoms with Crippen LogP contribution in [0.25, 0.3) is 0 Å². The lowest BCUT2D eigenvalue weighted by atomic mass is 9.97. The van der Waals surface area contributed by atoms with E-state index in [9.17, 15) is 4.79 Å². The molecule has 17 heavy (non-hydrogen) atoms. The van der Waals surface area contributed by atoms with Crippen LogP contribution >= 0.6 is 0 Å². The number of nitrogens with zero attached hydrogens (tertiary/aromatic N) is 2. The van der Waals surface area contributed by atoms with Crippen LogP contribution in [0, 0.1) is 12.8 Å². The Morgan fingerprint density at radius 2 is 2.24 bits per heavy atom. The lowest BCUT2D eigenvalue weighted by molar-refractivity contribution is 0.226. The molecule has 5 heteroatoms. The molecule has 94 valence electrons. The van der Waals surface area contributed by atoms with Gasteiger partial charge in [0, 0.05) is 12.6 Å². The van der Waals surface area contributed by atoms with Gasteiger partial charge in [0.25, 0.3) is 5.56 Å². The second-order valence-electron chi connectivity index (χ2n) is 4.84. The summed E-state index contributed by atoms with van der Waals surface area (Å²) in [4.78, 5) is 20.5. The molecule has 1 saturated heterocycles. The van der Waals surface area contributed by atoms with E-state index in [2.05, 4.69) is 27.2 Å². The van der Waals surface area contributed by atoms with Gasteiger partial charge < -0.3 is 15.2 Å². The molecule has 0 amide bonds. The zero-order chi connectivity index (χ0) is 12.3. The lowest BCUT2D eigenvalue weighted by Gasteiger charge is -2.29. The second-order valence-corrected chi connectivity index (χ2v) is 4.84. The minimum absolute atomic E-state index is 0.0941. The molecule has 1 aromatic rings. The number of likely N-dealkylation sites (tertiary alicyclic amines) is 1. The van der Waals surface area contributed by atoms with Crippen molar-refractivity contribution in [3.05, 3.63) is 22.2 Å². The summed E-state index contributed by atoms with van der Waals surface area (Å²) in [6, 6.07) is 1.52. The molecule has 5 nitrogen and oxygen atoms in total. The number of hydrogen-bond donors (Lipinski definition) is 2. The molecule has 2 rings (SSSR count). The molecule has 1 aliphatic rings. The van der Waals surface area contributed by atoms with Gasteiger partial charge in [0.15, 0.2) is 0 Å². The van der Waals surface area contributed by atoms with E-state index < -0.39 is 0 Å². The van der Waals surface area contributed by atoms with Gasteiger partial charge in [-0.15, -0.1) is 0 Å². The second kappa shape index (κ2) is 5.31. The Labute approximate surface area is 101 Å². The molecule has 0 radical (unpaired) electrons. The number of nitrogens with one attached hydrogen (secondary N) is 2. The molecule has 2 N–H and O–H groups in total. The van der Waals surface area contributed by atoms with Crippen LogP contribution in [0.5, 0.6) is 0 Å². The van der Waals surface area contributed by atoms with Gasteiger partial charge in [0.1, 0.15) is 11.6 Å². The van der Waals surface area contributed by atoms with Crippen molar-refractivity contribution in [1.29, 1.82) is 0 Å². The van der Waals surface area contributed by atoms with E-state index >= 15 is 0 Å². The van der Waals surface area contributed by atoms with Crippen LogP contribution in [0.1, 0.15) is 18.7 Å². The number of piperidine rings is 1.